The second kappa shape index (κ2) is 6.75. The van der Waals surface area contributed by atoms with Gasteiger partial charge in [-0.15, -0.1) is 0 Å². The summed E-state index contributed by atoms with van der Waals surface area (Å²) >= 11 is 0. The molecule has 0 bridgehead atoms. The summed E-state index contributed by atoms with van der Waals surface area (Å²) in [6, 6.07) is 9.47. The fourth-order valence-electron chi connectivity index (χ4n) is 1.70. The molecule has 1 amide bonds. The first kappa shape index (κ1) is 15.8. The van der Waals surface area contributed by atoms with Gasteiger partial charge in [-0.05, 0) is 44.9 Å². The summed E-state index contributed by atoms with van der Waals surface area (Å²) in [6.45, 7) is 5.61. The Morgan fingerprint density at radius 2 is 1.84 bits per heavy atom. The number of benzene rings is 1. The monoisotopic (exact) mass is 279 g/mol. The molecular weight excluding hydrogens is 254 g/mol. The Balaban J connectivity index is 2.67. The van der Waals surface area contributed by atoms with Gasteiger partial charge in [-0.3, -0.25) is 4.90 Å². The van der Waals surface area contributed by atoms with E-state index >= 15 is 0 Å². The molecule has 19 heavy (non-hydrogen) atoms. The first-order valence-corrected chi connectivity index (χ1v) is 8.30. The summed E-state index contributed by atoms with van der Waals surface area (Å²) in [4.78, 5) is 13.5. The molecule has 0 N–H and O–H groups in total. The van der Waals surface area contributed by atoms with E-state index in [9.17, 15) is 4.79 Å². The minimum absolute atomic E-state index is 0.320. The van der Waals surface area contributed by atoms with Gasteiger partial charge >= 0.3 is 6.09 Å². The molecule has 3 nitrogen and oxygen atoms in total. The van der Waals surface area contributed by atoms with E-state index in [-0.39, 0.29) is 6.09 Å². The second-order valence-electron chi connectivity index (χ2n) is 5.81. The lowest BCUT2D eigenvalue weighted by Crippen LogP contribution is -2.34. The molecule has 0 heterocycles. The summed E-state index contributed by atoms with van der Waals surface area (Å²) in [6.07, 6.45) is 2.06. The smallest absolute Gasteiger partial charge is 0.414 e. The maximum atomic E-state index is 11.9. The van der Waals surface area contributed by atoms with E-state index in [2.05, 4.69) is 12.1 Å². The highest BCUT2D eigenvalue weighted by Gasteiger charge is 2.20. The number of nitrogens with zero attached hydrogens (tertiary/aromatic N) is 1. The molecule has 0 aliphatic heterocycles. The molecule has 1 aromatic rings. The number of anilines is 1. The molecule has 0 radical (unpaired) electrons. The van der Waals surface area contributed by atoms with E-state index in [0.29, 0.717) is 0 Å². The molecule has 0 saturated heterocycles. The van der Waals surface area contributed by atoms with Gasteiger partial charge in [-0.25, -0.2) is 4.79 Å². The Hall–Kier alpha value is -1.29. The van der Waals surface area contributed by atoms with Gasteiger partial charge < -0.3 is 4.74 Å². The molecule has 106 valence electrons. The second-order valence-corrected chi connectivity index (χ2v) is 6.81. The topological polar surface area (TPSA) is 29.5 Å². The average Bonchev–Trinajstić information content (AvgIpc) is 2.34. The number of rotatable bonds is 4. The highest BCUT2D eigenvalue weighted by molar-refractivity contribution is 6.08. The van der Waals surface area contributed by atoms with Crippen LogP contribution in [0.25, 0.3) is 0 Å². The van der Waals surface area contributed by atoms with Crippen molar-refractivity contribution in [3.63, 3.8) is 0 Å². The van der Waals surface area contributed by atoms with E-state index in [1.54, 1.807) is 11.9 Å². The molecule has 0 aliphatic rings. The molecule has 1 aromatic carbocycles. The quantitative estimate of drug-likeness (QED) is 0.793. The van der Waals surface area contributed by atoms with Gasteiger partial charge in [0.25, 0.3) is 0 Å². The van der Waals surface area contributed by atoms with Gasteiger partial charge in [-0.2, -0.15) is 0 Å². The van der Waals surface area contributed by atoms with Crippen molar-refractivity contribution in [2.75, 3.05) is 11.9 Å². The van der Waals surface area contributed by atoms with Crippen LogP contribution in [0.4, 0.5) is 10.5 Å². The van der Waals surface area contributed by atoms with Crippen molar-refractivity contribution in [3.05, 3.63) is 29.8 Å². The molecule has 1 rings (SSSR count). The van der Waals surface area contributed by atoms with Crippen LogP contribution >= 0.6 is 0 Å². The number of aryl methyl sites for hydroxylation is 1. The van der Waals surface area contributed by atoms with Gasteiger partial charge in [0.1, 0.15) is 5.60 Å². The van der Waals surface area contributed by atoms with E-state index in [0.717, 1.165) is 12.1 Å². The minimum Gasteiger partial charge on any atom is -0.443 e. The van der Waals surface area contributed by atoms with Crippen molar-refractivity contribution in [2.45, 2.75) is 45.3 Å². The Morgan fingerprint density at radius 1 is 1.26 bits per heavy atom. The number of carbonyl (C=O) groups is 1. The number of amides is 1. The Kier molecular flexibility index (Phi) is 5.60. The van der Waals surface area contributed by atoms with Crippen LogP contribution < -0.4 is 4.90 Å². The predicted molar refractivity (Wildman–Crippen MR) is 84.1 cm³/mol. The summed E-state index contributed by atoms with van der Waals surface area (Å²) in [5.41, 5.74) is 1.73. The zero-order valence-electron chi connectivity index (χ0n) is 12.7. The lowest BCUT2D eigenvalue weighted by molar-refractivity contribution is 0.0589. The molecule has 4 heteroatoms. The van der Waals surface area contributed by atoms with Crippen LogP contribution in [-0.4, -0.2) is 29.0 Å². The number of hydrogen-bond donors (Lipinski definition) is 0. The zero-order valence-corrected chi connectivity index (χ0v) is 14.7. The summed E-state index contributed by atoms with van der Waals surface area (Å²) in [5.74, 6) is 0. The van der Waals surface area contributed by atoms with Crippen molar-refractivity contribution < 1.29 is 9.53 Å². The molecule has 0 atom stereocenters. The largest absolute Gasteiger partial charge is 0.443 e. The molecule has 0 unspecified atom stereocenters. The molecule has 0 fully saturated rings. The Bertz CT molecular complexity index is 409. The molecular formula is C15H25NO2Si. The summed E-state index contributed by atoms with van der Waals surface area (Å²) in [7, 11) is 3.01. The first-order chi connectivity index (χ1) is 8.83. The van der Waals surface area contributed by atoms with Crippen LogP contribution in [0.5, 0.6) is 0 Å². The zero-order chi connectivity index (χ0) is 14.5. The summed E-state index contributed by atoms with van der Waals surface area (Å²) < 4.78 is 5.34. The fourth-order valence-corrected chi connectivity index (χ4v) is 2.06. The predicted octanol–water partition coefficient (Wildman–Crippen LogP) is 2.77. The highest BCUT2D eigenvalue weighted by Crippen LogP contribution is 2.18. The standard InChI is InChI=1S/C15H25NO2Si/c1-15(2,3)18-14(17)16(4)13-9-7-12(8-10-13)6-5-11-19/h7-10H,5-6,11H2,1-4,19H3. The van der Waals surface area contributed by atoms with Crippen LogP contribution in [0.2, 0.25) is 6.04 Å². The maximum absolute atomic E-state index is 11.9. The highest BCUT2D eigenvalue weighted by atomic mass is 28.1. The third-order valence-electron chi connectivity index (χ3n) is 2.81. The number of carbonyl (C=O) groups excluding carboxylic acids is 1. The average molecular weight is 279 g/mol. The van der Waals surface area contributed by atoms with Gasteiger partial charge in [0, 0.05) is 23.0 Å². The van der Waals surface area contributed by atoms with Crippen LogP contribution in [0.3, 0.4) is 0 Å². The normalized spacial score (nSPS) is 11.4. The van der Waals surface area contributed by atoms with Crippen LogP contribution in [0, 0.1) is 0 Å². The van der Waals surface area contributed by atoms with Crippen LogP contribution in [0.15, 0.2) is 24.3 Å². The SMILES string of the molecule is CN(C(=O)OC(C)(C)C)c1ccc(CCC[SiH3])cc1. The summed E-state index contributed by atoms with van der Waals surface area (Å²) in [5, 5.41) is 0. The third-order valence-corrected chi connectivity index (χ3v) is 3.52. The van der Waals surface area contributed by atoms with E-state index < -0.39 is 5.60 Å². The van der Waals surface area contributed by atoms with Crippen molar-refractivity contribution in [1.82, 2.24) is 0 Å². The third kappa shape index (κ3) is 5.47. The minimum atomic E-state index is -0.462. The molecule has 0 aliphatic carbocycles. The maximum Gasteiger partial charge on any atom is 0.414 e. The fraction of sp³-hybridized carbons (Fsp3) is 0.533. The van der Waals surface area contributed by atoms with E-state index in [1.807, 2.05) is 32.9 Å². The van der Waals surface area contributed by atoms with Crippen molar-refractivity contribution >= 4 is 22.0 Å². The van der Waals surface area contributed by atoms with Crippen LogP contribution in [-0.2, 0) is 11.2 Å². The van der Waals surface area contributed by atoms with E-state index in [4.69, 9.17) is 4.74 Å². The van der Waals surface area contributed by atoms with Gasteiger partial charge in [0.15, 0.2) is 0 Å². The first-order valence-electron chi connectivity index (χ1n) is 6.89. The molecule has 0 aromatic heterocycles. The number of ether oxygens (including phenoxy) is 1. The van der Waals surface area contributed by atoms with Crippen molar-refractivity contribution in [2.24, 2.45) is 0 Å². The lowest BCUT2D eigenvalue weighted by Gasteiger charge is -2.24. The molecule has 0 spiro atoms. The van der Waals surface area contributed by atoms with Gasteiger partial charge in [0.05, 0.1) is 0 Å². The van der Waals surface area contributed by atoms with Gasteiger partial charge in [0.2, 0.25) is 0 Å². The Morgan fingerprint density at radius 3 is 2.32 bits per heavy atom. The Labute approximate surface area is 119 Å². The lowest BCUT2D eigenvalue weighted by atomic mass is 10.1. The number of hydrogen-bond acceptors (Lipinski definition) is 2. The molecule has 0 saturated carbocycles. The van der Waals surface area contributed by atoms with Gasteiger partial charge in [-0.1, -0.05) is 24.6 Å². The van der Waals surface area contributed by atoms with E-state index in [1.165, 1.54) is 28.3 Å². The van der Waals surface area contributed by atoms with Crippen LogP contribution in [0.1, 0.15) is 32.8 Å². The van der Waals surface area contributed by atoms with Crippen molar-refractivity contribution in [3.8, 4) is 0 Å². The van der Waals surface area contributed by atoms with Crippen molar-refractivity contribution in [1.29, 1.82) is 0 Å².